The van der Waals surface area contributed by atoms with Gasteiger partial charge in [0.15, 0.2) is 0 Å². The van der Waals surface area contributed by atoms with E-state index in [1.165, 1.54) is 0 Å². The summed E-state index contributed by atoms with van der Waals surface area (Å²) in [5.41, 5.74) is 2.23. The van der Waals surface area contributed by atoms with Crippen molar-refractivity contribution >= 4 is 11.6 Å². The van der Waals surface area contributed by atoms with Crippen LogP contribution in [0.15, 0.2) is 42.5 Å². The number of rotatable bonds is 5. The second kappa shape index (κ2) is 6.64. The summed E-state index contributed by atoms with van der Waals surface area (Å²) in [6.07, 6.45) is 0. The van der Waals surface area contributed by atoms with Crippen molar-refractivity contribution in [2.24, 2.45) is 0 Å². The van der Waals surface area contributed by atoms with E-state index in [9.17, 15) is 0 Å². The second-order valence-corrected chi connectivity index (χ2v) is 4.80. The van der Waals surface area contributed by atoms with Crippen molar-refractivity contribution in [3.63, 3.8) is 0 Å². The van der Waals surface area contributed by atoms with Gasteiger partial charge in [-0.25, -0.2) is 0 Å². The lowest BCUT2D eigenvalue weighted by molar-refractivity contribution is 0.414. The molecule has 0 heterocycles. The lowest BCUT2D eigenvalue weighted by Crippen LogP contribution is -2.17. The molecule has 0 amide bonds. The molecule has 1 atom stereocenters. The van der Waals surface area contributed by atoms with Gasteiger partial charge < -0.3 is 14.8 Å². The van der Waals surface area contributed by atoms with E-state index < -0.39 is 0 Å². The number of hydrogen-bond donors (Lipinski definition) is 1. The summed E-state index contributed by atoms with van der Waals surface area (Å²) in [4.78, 5) is 0. The smallest absolute Gasteiger partial charge is 0.137 e. The zero-order chi connectivity index (χ0) is 14.5. The maximum Gasteiger partial charge on any atom is 0.137 e. The highest BCUT2D eigenvalue weighted by Gasteiger charge is 2.13. The molecular formula is C16H18ClNO2. The largest absolute Gasteiger partial charge is 0.497 e. The summed E-state index contributed by atoms with van der Waals surface area (Å²) in [6, 6.07) is 13.9. The van der Waals surface area contributed by atoms with Gasteiger partial charge in [-0.1, -0.05) is 29.8 Å². The maximum atomic E-state index is 6.19. The van der Waals surface area contributed by atoms with Gasteiger partial charge in [0.05, 0.1) is 25.3 Å². The van der Waals surface area contributed by atoms with Crippen molar-refractivity contribution in [3.05, 3.63) is 58.6 Å². The molecule has 1 unspecified atom stereocenters. The summed E-state index contributed by atoms with van der Waals surface area (Å²) in [5.74, 6) is 1.52. The molecule has 3 nitrogen and oxygen atoms in total. The summed E-state index contributed by atoms with van der Waals surface area (Å²) in [5, 5.41) is 3.91. The van der Waals surface area contributed by atoms with E-state index in [0.29, 0.717) is 10.8 Å². The van der Waals surface area contributed by atoms with Crippen LogP contribution >= 0.6 is 11.6 Å². The first kappa shape index (κ1) is 14.7. The Balaban J connectivity index is 2.33. The monoisotopic (exact) mass is 291 g/mol. The lowest BCUT2D eigenvalue weighted by atomic mass is 9.98. The van der Waals surface area contributed by atoms with Crippen LogP contribution in [0.1, 0.15) is 17.2 Å². The van der Waals surface area contributed by atoms with Crippen LogP contribution in [0.5, 0.6) is 11.5 Å². The quantitative estimate of drug-likeness (QED) is 0.912. The molecule has 0 saturated carbocycles. The van der Waals surface area contributed by atoms with E-state index in [2.05, 4.69) is 5.32 Å². The topological polar surface area (TPSA) is 30.5 Å². The van der Waals surface area contributed by atoms with Crippen LogP contribution in [0.2, 0.25) is 5.02 Å². The first-order chi connectivity index (χ1) is 9.69. The average molecular weight is 292 g/mol. The van der Waals surface area contributed by atoms with E-state index in [1.54, 1.807) is 14.2 Å². The summed E-state index contributed by atoms with van der Waals surface area (Å²) in [6.45, 7) is 0. The van der Waals surface area contributed by atoms with Gasteiger partial charge in [0.25, 0.3) is 0 Å². The highest BCUT2D eigenvalue weighted by Crippen LogP contribution is 2.30. The number of ether oxygens (including phenoxy) is 2. The van der Waals surface area contributed by atoms with Crippen LogP contribution in [0.4, 0.5) is 0 Å². The third-order valence-corrected chi connectivity index (χ3v) is 3.54. The maximum absolute atomic E-state index is 6.19. The first-order valence-corrected chi connectivity index (χ1v) is 6.72. The molecule has 0 aliphatic heterocycles. The first-order valence-electron chi connectivity index (χ1n) is 6.34. The zero-order valence-electron chi connectivity index (χ0n) is 11.8. The van der Waals surface area contributed by atoms with E-state index in [4.69, 9.17) is 21.1 Å². The third-order valence-electron chi connectivity index (χ3n) is 3.25. The van der Waals surface area contributed by atoms with E-state index in [1.807, 2.05) is 49.5 Å². The fraction of sp³-hybridized carbons (Fsp3) is 0.250. The van der Waals surface area contributed by atoms with Gasteiger partial charge in [-0.3, -0.25) is 0 Å². The minimum Gasteiger partial charge on any atom is -0.497 e. The third kappa shape index (κ3) is 3.06. The van der Waals surface area contributed by atoms with Crippen LogP contribution < -0.4 is 14.8 Å². The van der Waals surface area contributed by atoms with Gasteiger partial charge in [0.2, 0.25) is 0 Å². The molecule has 2 rings (SSSR count). The molecule has 106 valence electrons. The highest BCUT2D eigenvalue weighted by molar-refractivity contribution is 6.32. The Morgan fingerprint density at radius 3 is 2.10 bits per heavy atom. The Hall–Kier alpha value is -1.71. The van der Waals surface area contributed by atoms with Crippen LogP contribution in [-0.2, 0) is 0 Å². The van der Waals surface area contributed by atoms with Gasteiger partial charge in [0.1, 0.15) is 11.5 Å². The molecule has 1 N–H and O–H groups in total. The number of nitrogens with one attached hydrogen (secondary N) is 1. The number of hydrogen-bond acceptors (Lipinski definition) is 3. The lowest BCUT2D eigenvalue weighted by Gasteiger charge is -2.18. The summed E-state index contributed by atoms with van der Waals surface area (Å²) < 4.78 is 10.4. The van der Waals surface area contributed by atoms with Crippen molar-refractivity contribution in [2.45, 2.75) is 6.04 Å². The van der Waals surface area contributed by atoms with Crippen molar-refractivity contribution in [1.82, 2.24) is 5.32 Å². The Bertz CT molecular complexity index is 569. The molecule has 0 spiro atoms. The standard InChI is InChI=1S/C16H18ClNO2/c1-18-16(11-4-7-13(19-2)8-5-11)12-6-9-15(20-3)14(17)10-12/h4-10,16,18H,1-3H3. The van der Waals surface area contributed by atoms with Crippen molar-refractivity contribution < 1.29 is 9.47 Å². The normalized spacial score (nSPS) is 12.0. The Morgan fingerprint density at radius 2 is 1.60 bits per heavy atom. The Labute approximate surface area is 124 Å². The van der Waals surface area contributed by atoms with Crippen molar-refractivity contribution in [3.8, 4) is 11.5 Å². The van der Waals surface area contributed by atoms with Gasteiger partial charge in [-0.15, -0.1) is 0 Å². The van der Waals surface area contributed by atoms with E-state index in [-0.39, 0.29) is 6.04 Å². The van der Waals surface area contributed by atoms with E-state index >= 15 is 0 Å². The molecule has 0 fully saturated rings. The Kier molecular flexibility index (Phi) is 4.88. The predicted octanol–water partition coefficient (Wildman–Crippen LogP) is 3.67. The van der Waals surface area contributed by atoms with Crippen LogP contribution in [0.3, 0.4) is 0 Å². The van der Waals surface area contributed by atoms with E-state index in [0.717, 1.165) is 16.9 Å². The molecular weight excluding hydrogens is 274 g/mol. The highest BCUT2D eigenvalue weighted by atomic mass is 35.5. The van der Waals surface area contributed by atoms with Gasteiger partial charge in [-0.05, 0) is 42.4 Å². The molecule has 20 heavy (non-hydrogen) atoms. The number of methoxy groups -OCH3 is 2. The zero-order valence-corrected chi connectivity index (χ0v) is 12.6. The van der Waals surface area contributed by atoms with Crippen LogP contribution in [0, 0.1) is 0 Å². The predicted molar refractivity (Wildman–Crippen MR) is 81.9 cm³/mol. The minimum atomic E-state index is 0.0734. The molecule has 0 aliphatic carbocycles. The van der Waals surface area contributed by atoms with Crippen molar-refractivity contribution in [2.75, 3.05) is 21.3 Å². The second-order valence-electron chi connectivity index (χ2n) is 4.39. The molecule has 0 saturated heterocycles. The summed E-state index contributed by atoms with van der Waals surface area (Å²) >= 11 is 6.19. The molecule has 0 radical (unpaired) electrons. The molecule has 2 aromatic rings. The van der Waals surface area contributed by atoms with Crippen molar-refractivity contribution in [1.29, 1.82) is 0 Å². The van der Waals surface area contributed by atoms with Gasteiger partial charge in [-0.2, -0.15) is 0 Å². The fourth-order valence-corrected chi connectivity index (χ4v) is 2.45. The molecule has 0 aliphatic rings. The van der Waals surface area contributed by atoms with Gasteiger partial charge >= 0.3 is 0 Å². The fourth-order valence-electron chi connectivity index (χ4n) is 2.18. The van der Waals surface area contributed by atoms with Crippen LogP contribution in [0.25, 0.3) is 0 Å². The molecule has 0 bridgehead atoms. The summed E-state index contributed by atoms with van der Waals surface area (Å²) in [7, 11) is 5.20. The Morgan fingerprint density at radius 1 is 0.950 bits per heavy atom. The van der Waals surface area contributed by atoms with Crippen LogP contribution in [-0.4, -0.2) is 21.3 Å². The SMILES string of the molecule is CNC(c1ccc(OC)cc1)c1ccc(OC)c(Cl)c1. The number of benzene rings is 2. The molecule has 2 aromatic carbocycles. The van der Waals surface area contributed by atoms with Gasteiger partial charge in [0, 0.05) is 0 Å². The number of halogens is 1. The minimum absolute atomic E-state index is 0.0734. The molecule has 4 heteroatoms. The average Bonchev–Trinajstić information content (AvgIpc) is 2.49. The molecule has 0 aromatic heterocycles.